The SMILES string of the molecule is CCCC(C)C(NC(C)C)c1nc(C)cs1. The number of hydrogen-bond donors (Lipinski definition) is 1. The highest BCUT2D eigenvalue weighted by Gasteiger charge is 2.21. The van der Waals surface area contributed by atoms with Gasteiger partial charge in [0.25, 0.3) is 0 Å². The highest BCUT2D eigenvalue weighted by molar-refractivity contribution is 7.09. The van der Waals surface area contributed by atoms with Crippen molar-refractivity contribution < 1.29 is 0 Å². The smallest absolute Gasteiger partial charge is 0.110 e. The van der Waals surface area contributed by atoms with Gasteiger partial charge in [0.2, 0.25) is 0 Å². The topological polar surface area (TPSA) is 24.9 Å². The molecule has 0 saturated heterocycles. The number of rotatable bonds is 6. The van der Waals surface area contributed by atoms with E-state index in [2.05, 4.69) is 50.3 Å². The second-order valence-corrected chi connectivity index (χ2v) is 5.78. The Kier molecular flexibility index (Phi) is 5.42. The van der Waals surface area contributed by atoms with Crippen molar-refractivity contribution in [3.8, 4) is 0 Å². The molecule has 0 saturated carbocycles. The fraction of sp³-hybridized carbons (Fsp3) is 0.769. The minimum Gasteiger partial charge on any atom is -0.305 e. The Balaban J connectivity index is 2.78. The van der Waals surface area contributed by atoms with Gasteiger partial charge < -0.3 is 5.32 Å². The number of nitrogens with one attached hydrogen (secondary N) is 1. The molecule has 0 aliphatic heterocycles. The zero-order valence-electron chi connectivity index (χ0n) is 11.1. The molecule has 0 radical (unpaired) electrons. The fourth-order valence-electron chi connectivity index (χ4n) is 1.98. The van der Waals surface area contributed by atoms with Gasteiger partial charge in [-0.3, -0.25) is 0 Å². The third-order valence-electron chi connectivity index (χ3n) is 2.73. The number of nitrogens with zero attached hydrogens (tertiary/aromatic N) is 1. The Bertz CT molecular complexity index is 307. The van der Waals surface area contributed by atoms with Gasteiger partial charge in [-0.2, -0.15) is 0 Å². The quantitative estimate of drug-likeness (QED) is 0.815. The predicted octanol–water partition coefficient (Wildman–Crippen LogP) is 3.93. The summed E-state index contributed by atoms with van der Waals surface area (Å²) < 4.78 is 0. The molecule has 3 heteroatoms. The average molecular weight is 240 g/mol. The molecule has 1 aromatic rings. The zero-order chi connectivity index (χ0) is 12.1. The summed E-state index contributed by atoms with van der Waals surface area (Å²) in [7, 11) is 0. The molecule has 0 spiro atoms. The van der Waals surface area contributed by atoms with Crippen LogP contribution in [0.25, 0.3) is 0 Å². The first-order valence-corrected chi connectivity index (χ1v) is 7.10. The molecule has 0 aliphatic rings. The molecule has 2 unspecified atom stereocenters. The summed E-state index contributed by atoms with van der Waals surface area (Å²) in [6.45, 7) is 11.0. The Hall–Kier alpha value is -0.410. The summed E-state index contributed by atoms with van der Waals surface area (Å²) in [6, 6.07) is 0.923. The van der Waals surface area contributed by atoms with E-state index in [-0.39, 0.29) is 0 Å². The highest BCUT2D eigenvalue weighted by Crippen LogP contribution is 2.28. The summed E-state index contributed by atoms with van der Waals surface area (Å²) in [5.74, 6) is 0.651. The summed E-state index contributed by atoms with van der Waals surface area (Å²) >= 11 is 1.78. The van der Waals surface area contributed by atoms with Crippen molar-refractivity contribution in [2.24, 2.45) is 5.92 Å². The Morgan fingerprint density at radius 1 is 1.38 bits per heavy atom. The van der Waals surface area contributed by atoms with Crippen LogP contribution in [0.1, 0.15) is 57.3 Å². The lowest BCUT2D eigenvalue weighted by Crippen LogP contribution is -2.32. The lowest BCUT2D eigenvalue weighted by Gasteiger charge is -2.25. The van der Waals surface area contributed by atoms with E-state index in [4.69, 9.17) is 0 Å². The number of thiazole rings is 1. The van der Waals surface area contributed by atoms with E-state index >= 15 is 0 Å². The molecule has 1 N–H and O–H groups in total. The highest BCUT2D eigenvalue weighted by atomic mass is 32.1. The Morgan fingerprint density at radius 2 is 2.06 bits per heavy atom. The maximum Gasteiger partial charge on any atom is 0.110 e. The predicted molar refractivity (Wildman–Crippen MR) is 71.9 cm³/mol. The van der Waals surface area contributed by atoms with Crippen molar-refractivity contribution in [1.82, 2.24) is 10.3 Å². The van der Waals surface area contributed by atoms with Gasteiger partial charge in [0.15, 0.2) is 0 Å². The van der Waals surface area contributed by atoms with Gasteiger partial charge >= 0.3 is 0 Å². The second kappa shape index (κ2) is 6.36. The van der Waals surface area contributed by atoms with Crippen LogP contribution >= 0.6 is 11.3 Å². The Morgan fingerprint density at radius 3 is 2.50 bits per heavy atom. The summed E-state index contributed by atoms with van der Waals surface area (Å²) in [5.41, 5.74) is 1.14. The van der Waals surface area contributed by atoms with Crippen LogP contribution in [0.2, 0.25) is 0 Å². The molecule has 0 bridgehead atoms. The van der Waals surface area contributed by atoms with Crippen LogP contribution in [0.4, 0.5) is 0 Å². The molecule has 16 heavy (non-hydrogen) atoms. The number of hydrogen-bond acceptors (Lipinski definition) is 3. The molecule has 2 nitrogen and oxygen atoms in total. The standard InChI is InChI=1S/C13H24N2S/c1-6-7-10(4)12(14-9(2)3)13-15-11(5)8-16-13/h8-10,12,14H,6-7H2,1-5H3. The number of aromatic nitrogens is 1. The molecule has 0 aromatic carbocycles. The van der Waals surface area contributed by atoms with E-state index in [1.165, 1.54) is 17.8 Å². The van der Waals surface area contributed by atoms with Gasteiger partial charge in [-0.1, -0.05) is 34.1 Å². The summed E-state index contributed by atoms with van der Waals surface area (Å²) in [4.78, 5) is 4.62. The van der Waals surface area contributed by atoms with Crippen LogP contribution < -0.4 is 5.32 Å². The molecular weight excluding hydrogens is 216 g/mol. The van der Waals surface area contributed by atoms with Gasteiger partial charge in [0.1, 0.15) is 5.01 Å². The first kappa shape index (κ1) is 13.7. The van der Waals surface area contributed by atoms with Crippen LogP contribution in [-0.4, -0.2) is 11.0 Å². The summed E-state index contributed by atoms with van der Waals surface area (Å²) in [6.07, 6.45) is 2.49. The fourth-order valence-corrected chi connectivity index (χ4v) is 2.96. The van der Waals surface area contributed by atoms with Crippen LogP contribution in [0.3, 0.4) is 0 Å². The van der Waals surface area contributed by atoms with Crippen molar-refractivity contribution >= 4 is 11.3 Å². The van der Waals surface area contributed by atoms with Crippen LogP contribution in [-0.2, 0) is 0 Å². The number of aryl methyl sites for hydroxylation is 1. The molecular formula is C13H24N2S. The third kappa shape index (κ3) is 3.87. The molecule has 92 valence electrons. The molecule has 1 rings (SSSR count). The van der Waals surface area contributed by atoms with Crippen molar-refractivity contribution in [2.45, 2.75) is 59.5 Å². The lowest BCUT2D eigenvalue weighted by atomic mass is 9.96. The summed E-state index contributed by atoms with van der Waals surface area (Å²) in [5, 5.41) is 7.03. The van der Waals surface area contributed by atoms with Crippen molar-refractivity contribution in [1.29, 1.82) is 0 Å². The normalized spacial score (nSPS) is 15.4. The molecule has 0 amide bonds. The van der Waals surface area contributed by atoms with Gasteiger partial charge in [0, 0.05) is 17.1 Å². The molecule has 1 heterocycles. The van der Waals surface area contributed by atoms with E-state index in [1.54, 1.807) is 11.3 Å². The minimum absolute atomic E-state index is 0.415. The van der Waals surface area contributed by atoms with Gasteiger partial charge in [0.05, 0.1) is 6.04 Å². The monoisotopic (exact) mass is 240 g/mol. The van der Waals surface area contributed by atoms with Gasteiger partial charge in [-0.15, -0.1) is 11.3 Å². The van der Waals surface area contributed by atoms with Gasteiger partial charge in [-0.25, -0.2) is 4.98 Å². The largest absolute Gasteiger partial charge is 0.305 e. The molecule has 0 fully saturated rings. The Labute approximate surface area is 103 Å². The van der Waals surface area contributed by atoms with Crippen molar-refractivity contribution in [3.05, 3.63) is 16.1 Å². The van der Waals surface area contributed by atoms with E-state index in [0.29, 0.717) is 18.0 Å². The first-order valence-electron chi connectivity index (χ1n) is 6.22. The van der Waals surface area contributed by atoms with Gasteiger partial charge in [-0.05, 0) is 19.3 Å². The zero-order valence-corrected chi connectivity index (χ0v) is 11.9. The molecule has 2 atom stereocenters. The van der Waals surface area contributed by atoms with Crippen molar-refractivity contribution in [2.75, 3.05) is 0 Å². The van der Waals surface area contributed by atoms with E-state index < -0.39 is 0 Å². The maximum atomic E-state index is 4.62. The average Bonchev–Trinajstić information content (AvgIpc) is 2.61. The van der Waals surface area contributed by atoms with Crippen LogP contribution in [0.15, 0.2) is 5.38 Å². The molecule has 1 aromatic heterocycles. The first-order chi connectivity index (χ1) is 7.54. The van der Waals surface area contributed by atoms with Crippen LogP contribution in [0.5, 0.6) is 0 Å². The second-order valence-electron chi connectivity index (χ2n) is 4.89. The van der Waals surface area contributed by atoms with Crippen LogP contribution in [0, 0.1) is 12.8 Å². The van der Waals surface area contributed by atoms with E-state index in [1.807, 2.05) is 0 Å². The van der Waals surface area contributed by atoms with E-state index in [9.17, 15) is 0 Å². The third-order valence-corrected chi connectivity index (χ3v) is 3.77. The molecule has 0 aliphatic carbocycles. The maximum absolute atomic E-state index is 4.62. The van der Waals surface area contributed by atoms with Crippen molar-refractivity contribution in [3.63, 3.8) is 0 Å². The van der Waals surface area contributed by atoms with E-state index in [0.717, 1.165) is 5.69 Å². The lowest BCUT2D eigenvalue weighted by molar-refractivity contribution is 0.339. The minimum atomic E-state index is 0.415.